The quantitative estimate of drug-likeness (QED) is 0.349. The predicted octanol–water partition coefficient (Wildman–Crippen LogP) is 5.85. The van der Waals surface area contributed by atoms with E-state index >= 15 is 0 Å². The number of carbonyl (C=O) groups is 1. The Kier molecular flexibility index (Phi) is 9.44. The number of carbonyl (C=O) groups excluding carboxylic acids is 1. The normalized spacial score (nSPS) is 27.2. The van der Waals surface area contributed by atoms with E-state index in [0.29, 0.717) is 30.1 Å². The lowest BCUT2D eigenvalue weighted by Gasteiger charge is -2.45. The number of rotatable bonds is 10. The molecule has 9 heteroatoms. The van der Waals surface area contributed by atoms with Crippen molar-refractivity contribution in [2.45, 2.75) is 88.1 Å². The SMILES string of the molecule is CCCc1cc(Cl)ccc1C1COc2ccc(C(O)C(=O)NS(=O)C3CC3)cc2N(CC2CCC2C2CCCCO2)C1. The zero-order valence-electron chi connectivity index (χ0n) is 24.4. The van der Waals surface area contributed by atoms with Gasteiger partial charge in [0.15, 0.2) is 6.10 Å². The fourth-order valence-corrected chi connectivity index (χ4v) is 8.11. The van der Waals surface area contributed by atoms with Crippen molar-refractivity contribution in [1.82, 2.24) is 4.72 Å². The first-order valence-corrected chi connectivity index (χ1v) is 17.3. The van der Waals surface area contributed by atoms with Crippen LogP contribution in [0.2, 0.25) is 5.02 Å². The molecule has 2 heterocycles. The minimum absolute atomic E-state index is 0.00283. The van der Waals surface area contributed by atoms with Gasteiger partial charge in [-0.05, 0) is 104 Å². The Morgan fingerprint density at radius 2 is 2.00 bits per heavy atom. The van der Waals surface area contributed by atoms with E-state index in [1.807, 2.05) is 18.2 Å². The van der Waals surface area contributed by atoms with Gasteiger partial charge in [0.05, 0.1) is 23.6 Å². The van der Waals surface area contributed by atoms with Gasteiger partial charge in [-0.1, -0.05) is 37.1 Å². The number of nitrogens with one attached hydrogen (secondary N) is 1. The number of hydrogen-bond donors (Lipinski definition) is 2. The van der Waals surface area contributed by atoms with Crippen LogP contribution in [0.15, 0.2) is 36.4 Å². The van der Waals surface area contributed by atoms with Gasteiger partial charge >= 0.3 is 0 Å². The maximum absolute atomic E-state index is 12.8. The first-order chi connectivity index (χ1) is 20.4. The molecule has 2 aliphatic heterocycles. The fourth-order valence-electron chi connectivity index (χ4n) is 6.87. The second kappa shape index (κ2) is 13.2. The van der Waals surface area contributed by atoms with Gasteiger partial charge in [0.2, 0.25) is 0 Å². The molecule has 7 nitrogen and oxygen atoms in total. The van der Waals surface area contributed by atoms with Gasteiger partial charge < -0.3 is 19.5 Å². The van der Waals surface area contributed by atoms with Gasteiger partial charge in [-0.3, -0.25) is 9.52 Å². The minimum atomic E-state index is -1.45. The van der Waals surface area contributed by atoms with Crippen LogP contribution < -0.4 is 14.4 Å². The molecule has 42 heavy (non-hydrogen) atoms. The van der Waals surface area contributed by atoms with Crippen LogP contribution in [0.25, 0.3) is 0 Å². The zero-order chi connectivity index (χ0) is 29.2. The first-order valence-electron chi connectivity index (χ1n) is 15.7. The van der Waals surface area contributed by atoms with E-state index in [0.717, 1.165) is 74.7 Å². The highest BCUT2D eigenvalue weighted by Crippen LogP contribution is 2.44. The Bertz CT molecular complexity index is 1300. The van der Waals surface area contributed by atoms with Crippen LogP contribution in [0, 0.1) is 11.8 Å². The number of benzene rings is 2. The van der Waals surface area contributed by atoms with Gasteiger partial charge in [-0.2, -0.15) is 0 Å². The highest BCUT2D eigenvalue weighted by molar-refractivity contribution is 7.84. The van der Waals surface area contributed by atoms with Crippen molar-refractivity contribution in [3.05, 3.63) is 58.1 Å². The summed E-state index contributed by atoms with van der Waals surface area (Å²) in [4.78, 5) is 15.2. The molecule has 0 aromatic heterocycles. The van der Waals surface area contributed by atoms with E-state index in [4.69, 9.17) is 21.1 Å². The highest BCUT2D eigenvalue weighted by Gasteiger charge is 2.40. The number of halogens is 1. The summed E-state index contributed by atoms with van der Waals surface area (Å²) in [6.45, 7) is 5.21. The topological polar surface area (TPSA) is 88.1 Å². The average Bonchev–Trinajstić information content (AvgIpc) is 3.84. The van der Waals surface area contributed by atoms with Gasteiger partial charge in [-0.15, -0.1) is 0 Å². The van der Waals surface area contributed by atoms with E-state index in [2.05, 4.69) is 28.7 Å². The number of ether oxygens (including phenoxy) is 2. The Hall–Kier alpha value is -2.13. The molecule has 6 atom stereocenters. The molecular weight excluding hydrogens is 572 g/mol. The van der Waals surface area contributed by atoms with Crippen molar-refractivity contribution >= 4 is 34.2 Å². The van der Waals surface area contributed by atoms with Crippen LogP contribution >= 0.6 is 11.6 Å². The fraction of sp³-hybridized carbons (Fsp3) is 0.606. The molecule has 228 valence electrons. The Labute approximate surface area is 256 Å². The van der Waals surface area contributed by atoms with Crippen molar-refractivity contribution in [3.63, 3.8) is 0 Å². The van der Waals surface area contributed by atoms with Crippen LogP contribution in [0.1, 0.15) is 87.0 Å². The summed E-state index contributed by atoms with van der Waals surface area (Å²) in [7, 11) is -1.45. The van der Waals surface area contributed by atoms with E-state index < -0.39 is 23.0 Å². The lowest BCUT2D eigenvalue weighted by molar-refractivity contribution is -0.127. The summed E-state index contributed by atoms with van der Waals surface area (Å²) < 4.78 is 27.5. The molecule has 2 aliphatic carbocycles. The van der Waals surface area contributed by atoms with Gasteiger partial charge in [0, 0.05) is 30.6 Å². The lowest BCUT2D eigenvalue weighted by atomic mass is 9.69. The molecule has 0 radical (unpaired) electrons. The van der Waals surface area contributed by atoms with Gasteiger partial charge in [0.1, 0.15) is 16.7 Å². The summed E-state index contributed by atoms with van der Waals surface area (Å²) in [6, 6.07) is 11.7. The van der Waals surface area contributed by atoms with E-state index in [1.165, 1.54) is 30.4 Å². The molecule has 1 saturated heterocycles. The molecule has 3 fully saturated rings. The van der Waals surface area contributed by atoms with E-state index in [-0.39, 0.29) is 11.2 Å². The number of fused-ring (bicyclic) bond motifs is 1. The van der Waals surface area contributed by atoms with Crippen molar-refractivity contribution in [3.8, 4) is 5.75 Å². The third-order valence-electron chi connectivity index (χ3n) is 9.48. The smallest absolute Gasteiger partial charge is 0.265 e. The molecule has 2 aromatic carbocycles. The summed E-state index contributed by atoms with van der Waals surface area (Å²) in [5.41, 5.74) is 3.90. The van der Waals surface area contributed by atoms with Crippen LogP contribution in [0.5, 0.6) is 5.75 Å². The number of aryl methyl sites for hydroxylation is 1. The molecule has 0 spiro atoms. The Morgan fingerprint density at radius 3 is 2.71 bits per heavy atom. The monoisotopic (exact) mass is 614 g/mol. The van der Waals surface area contributed by atoms with Crippen LogP contribution in [0.4, 0.5) is 5.69 Å². The highest BCUT2D eigenvalue weighted by atomic mass is 35.5. The third-order valence-corrected chi connectivity index (χ3v) is 11.2. The Morgan fingerprint density at radius 1 is 1.14 bits per heavy atom. The molecule has 2 saturated carbocycles. The van der Waals surface area contributed by atoms with Crippen molar-refractivity contribution in [1.29, 1.82) is 0 Å². The average molecular weight is 615 g/mol. The molecule has 1 amide bonds. The number of aliphatic hydroxyl groups is 1. The van der Waals surface area contributed by atoms with E-state index in [9.17, 15) is 14.1 Å². The maximum Gasteiger partial charge on any atom is 0.265 e. The van der Waals surface area contributed by atoms with Crippen molar-refractivity contribution in [2.75, 3.05) is 31.2 Å². The maximum atomic E-state index is 12.8. The molecule has 4 aliphatic rings. The summed E-state index contributed by atoms with van der Waals surface area (Å²) in [5.74, 6) is 1.33. The number of hydrogen-bond acceptors (Lipinski definition) is 6. The first kappa shape index (κ1) is 29.9. The van der Waals surface area contributed by atoms with Gasteiger partial charge in [-0.25, -0.2) is 4.21 Å². The second-order valence-electron chi connectivity index (χ2n) is 12.5. The molecule has 2 N–H and O–H groups in total. The number of nitrogens with zero attached hydrogens (tertiary/aromatic N) is 1. The molecular formula is C33H43ClN2O5S. The van der Waals surface area contributed by atoms with Crippen molar-refractivity contribution < 1.29 is 23.6 Å². The third kappa shape index (κ3) is 6.67. The predicted molar refractivity (Wildman–Crippen MR) is 166 cm³/mol. The number of aliphatic hydroxyl groups excluding tert-OH is 1. The number of amides is 1. The van der Waals surface area contributed by atoms with Gasteiger partial charge in [0.25, 0.3) is 5.91 Å². The zero-order valence-corrected chi connectivity index (χ0v) is 26.0. The van der Waals surface area contributed by atoms with Crippen LogP contribution in [0.3, 0.4) is 0 Å². The standard InChI is InChI=1S/C33H43ClN2O5S/c1-2-5-21-16-25(34)9-13-27(21)24-19-36(18-23-7-12-28(23)30-6-3-4-15-40-30)29-17-22(8-14-31(29)41-20-24)32(37)33(38)35-42(39)26-10-11-26/h8-9,13-14,16-17,23-24,26,28,30,32,37H,2-7,10-12,15,18-20H2,1H3,(H,35,38). The number of anilines is 1. The summed E-state index contributed by atoms with van der Waals surface area (Å²) in [5, 5.41) is 11.7. The van der Waals surface area contributed by atoms with E-state index in [1.54, 1.807) is 6.07 Å². The lowest BCUT2D eigenvalue weighted by Crippen LogP contribution is -2.45. The molecule has 0 bridgehead atoms. The van der Waals surface area contributed by atoms with Crippen LogP contribution in [-0.2, 0) is 26.9 Å². The minimum Gasteiger partial charge on any atom is -0.491 e. The second-order valence-corrected chi connectivity index (χ2v) is 14.4. The summed E-state index contributed by atoms with van der Waals surface area (Å²) in [6.07, 6.45) is 8.51. The van der Waals surface area contributed by atoms with Crippen LogP contribution in [-0.4, -0.2) is 52.9 Å². The summed E-state index contributed by atoms with van der Waals surface area (Å²) >= 11 is 6.41. The largest absolute Gasteiger partial charge is 0.491 e. The Balaban J connectivity index is 1.28. The molecule has 6 rings (SSSR count). The molecule has 2 aromatic rings. The molecule has 6 unspecified atom stereocenters. The van der Waals surface area contributed by atoms with Crippen molar-refractivity contribution in [2.24, 2.45) is 11.8 Å².